The van der Waals surface area contributed by atoms with Crippen molar-refractivity contribution in [2.75, 3.05) is 25.6 Å². The van der Waals surface area contributed by atoms with E-state index in [1.807, 2.05) is 0 Å². The molecule has 85 heavy (non-hydrogen) atoms. The predicted octanol–water partition coefficient (Wildman–Crippen LogP) is 13.1. The van der Waals surface area contributed by atoms with E-state index in [1.165, 1.54) is 112 Å². The SMILES string of the molecule is COc1cc(-c2cccc(F)c2)c(Cl)cc1-c1ncc(O)c2cc(S(=O)(=O)Cc3ccon3)ccc12.COc1cc(-c2cccc(F)c2)c(Cl)cc1O[B]O.COc1ccc(CN(c2ccon2)S(=O)(=O)c2ccc3c(Cl)ncc(O)c3c2)cc1. The molecule has 18 nitrogen and oxygen atoms in total. The van der Waals surface area contributed by atoms with E-state index < -0.39 is 25.7 Å². The molecule has 0 saturated heterocycles. The van der Waals surface area contributed by atoms with Crippen molar-refractivity contribution in [1.29, 1.82) is 0 Å². The molecule has 0 bridgehead atoms. The normalized spacial score (nSPS) is 11.3. The Kier molecular flexibility index (Phi) is 18.8. The number of rotatable bonds is 16. The minimum Gasteiger partial charge on any atom is -0.535 e. The fourth-order valence-electron chi connectivity index (χ4n) is 8.69. The van der Waals surface area contributed by atoms with Gasteiger partial charge < -0.3 is 43.1 Å². The van der Waals surface area contributed by atoms with Crippen molar-refractivity contribution in [2.24, 2.45) is 0 Å². The Hall–Kier alpha value is -8.97. The molecular weight excluding hydrogens is 1210 g/mol. The first-order chi connectivity index (χ1) is 40.8. The summed E-state index contributed by atoms with van der Waals surface area (Å²) >= 11 is 18.8. The zero-order valence-corrected chi connectivity index (χ0v) is 48.4. The number of fused-ring (bicyclic) bond motifs is 2. The Morgan fingerprint density at radius 3 is 1.78 bits per heavy atom. The van der Waals surface area contributed by atoms with Crippen molar-refractivity contribution in [1.82, 2.24) is 20.3 Å². The number of nitrogens with zero attached hydrogens (tertiary/aromatic N) is 5. The number of aromatic nitrogens is 4. The van der Waals surface area contributed by atoms with Gasteiger partial charge in [0.2, 0.25) is 0 Å². The Labute approximate surface area is 500 Å². The second kappa shape index (κ2) is 26.3. The van der Waals surface area contributed by atoms with Crippen LogP contribution in [0.5, 0.6) is 34.5 Å². The average Bonchev–Trinajstić information content (AvgIpc) is 3.92. The fourth-order valence-corrected chi connectivity index (χ4v) is 12.1. The van der Waals surface area contributed by atoms with Gasteiger partial charge in [-0.1, -0.05) is 87.6 Å². The van der Waals surface area contributed by atoms with Gasteiger partial charge in [0.25, 0.3) is 10.0 Å². The molecule has 433 valence electrons. The highest BCUT2D eigenvalue weighted by atomic mass is 35.5. The number of halogens is 5. The van der Waals surface area contributed by atoms with Crippen LogP contribution in [0.25, 0.3) is 55.1 Å². The van der Waals surface area contributed by atoms with Crippen molar-refractivity contribution in [3.05, 3.63) is 209 Å². The molecule has 4 heterocycles. The monoisotopic (exact) mass is 1250 g/mol. The standard InChI is InChI=1S/C26H18ClFN2O5S.C20H16ClN3O5S.C13H10BClFO3/c1-34-25-12-20(15-3-2-4-16(28)9-15)23(27)11-22(25)26-19-6-5-18(10-21(19)24(31)13-29-26)36(32,33)14-17-7-8-35-30-17;1-28-14-4-2-13(3-5-14)12-24(19-8-9-29-23-19)30(26,27)15-6-7-16-17(10-15)18(25)11-22-20(16)21;1-18-12-6-10(8-3-2-4-9(16)5-8)11(15)7-13(12)19-14-17/h2-13,31H,14H2,1H3;2-11,25H,12H2,1H3;2-7,17H,1H3. The van der Waals surface area contributed by atoms with Gasteiger partial charge in [0.15, 0.2) is 21.4 Å². The Morgan fingerprint density at radius 1 is 0.588 bits per heavy atom. The lowest BCUT2D eigenvalue weighted by atomic mass is 9.98. The molecule has 26 heteroatoms. The van der Waals surface area contributed by atoms with Gasteiger partial charge in [0, 0.05) is 61.5 Å². The molecule has 4 aromatic heterocycles. The van der Waals surface area contributed by atoms with E-state index >= 15 is 0 Å². The van der Waals surface area contributed by atoms with Crippen molar-refractivity contribution in [3.8, 4) is 68.0 Å². The maximum absolute atomic E-state index is 13.8. The minimum atomic E-state index is -4.05. The van der Waals surface area contributed by atoms with Crippen LogP contribution in [-0.4, -0.2) is 81.4 Å². The van der Waals surface area contributed by atoms with E-state index in [4.69, 9.17) is 67.7 Å². The van der Waals surface area contributed by atoms with E-state index in [0.717, 1.165) is 9.87 Å². The lowest BCUT2D eigenvalue weighted by Gasteiger charge is -2.22. The summed E-state index contributed by atoms with van der Waals surface area (Å²) < 4.78 is 111. The summed E-state index contributed by atoms with van der Waals surface area (Å²) in [5, 5.41) is 39.1. The Morgan fingerprint density at radius 2 is 1.18 bits per heavy atom. The summed E-state index contributed by atoms with van der Waals surface area (Å²) in [4.78, 5) is 8.22. The molecule has 0 fully saturated rings. The number of pyridine rings is 2. The highest BCUT2D eigenvalue weighted by Gasteiger charge is 2.29. The quantitative estimate of drug-likeness (QED) is 0.0601. The third kappa shape index (κ3) is 13.7. The fraction of sp³-hybridized carbons (Fsp3) is 0.0847. The van der Waals surface area contributed by atoms with Gasteiger partial charge in [-0.3, -0.25) is 4.98 Å². The Bertz CT molecular complexity index is 4440. The topological polar surface area (TPSA) is 247 Å². The van der Waals surface area contributed by atoms with Crippen LogP contribution in [0.2, 0.25) is 15.2 Å². The molecule has 0 aliphatic heterocycles. The van der Waals surface area contributed by atoms with Crippen LogP contribution < -0.4 is 23.2 Å². The number of sulfonamides is 1. The van der Waals surface area contributed by atoms with Gasteiger partial charge in [0.05, 0.1) is 66.5 Å². The van der Waals surface area contributed by atoms with Gasteiger partial charge >= 0.3 is 7.69 Å². The molecule has 1 radical (unpaired) electrons. The molecule has 11 aromatic rings. The van der Waals surface area contributed by atoms with Crippen molar-refractivity contribution < 1.29 is 68.8 Å². The number of hydrogen-bond acceptors (Lipinski definition) is 17. The summed E-state index contributed by atoms with van der Waals surface area (Å²) in [7, 11) is -2.77. The van der Waals surface area contributed by atoms with Crippen molar-refractivity contribution in [2.45, 2.75) is 22.1 Å². The van der Waals surface area contributed by atoms with Gasteiger partial charge in [-0.05, 0) is 102 Å². The first-order valence-electron chi connectivity index (χ1n) is 24.8. The van der Waals surface area contributed by atoms with Crippen LogP contribution in [-0.2, 0) is 32.2 Å². The van der Waals surface area contributed by atoms with Crippen LogP contribution in [0.3, 0.4) is 0 Å². The van der Waals surface area contributed by atoms with Gasteiger partial charge in [-0.2, -0.15) is 0 Å². The molecular formula is C59H44BCl3F2N5O13S2. The lowest BCUT2D eigenvalue weighted by molar-refractivity contribution is 0.382. The molecule has 0 atom stereocenters. The Balaban J connectivity index is 0.000000160. The number of sulfone groups is 1. The highest BCUT2D eigenvalue weighted by molar-refractivity contribution is 7.92. The second-order valence-corrected chi connectivity index (χ2v) is 23.1. The number of methoxy groups -OCH3 is 3. The van der Waals surface area contributed by atoms with Crippen LogP contribution in [0, 0.1) is 11.6 Å². The maximum atomic E-state index is 13.8. The van der Waals surface area contributed by atoms with E-state index in [9.17, 15) is 35.8 Å². The van der Waals surface area contributed by atoms with E-state index in [0.29, 0.717) is 79.3 Å². The van der Waals surface area contributed by atoms with Crippen molar-refractivity contribution in [3.63, 3.8) is 0 Å². The van der Waals surface area contributed by atoms with Crippen LogP contribution in [0.15, 0.2) is 189 Å². The summed E-state index contributed by atoms with van der Waals surface area (Å²) in [5.41, 5.74) is 4.33. The van der Waals surface area contributed by atoms with Gasteiger partial charge in [-0.15, -0.1) is 0 Å². The smallest absolute Gasteiger partial charge is 0.535 e. The molecule has 7 aromatic carbocycles. The average molecular weight is 1250 g/mol. The minimum absolute atomic E-state index is 0.0110. The van der Waals surface area contributed by atoms with Crippen LogP contribution in [0.4, 0.5) is 14.6 Å². The van der Waals surface area contributed by atoms with E-state index in [-0.39, 0.29) is 72.6 Å². The van der Waals surface area contributed by atoms with Gasteiger partial charge in [-0.25, -0.2) is 34.9 Å². The summed E-state index contributed by atoms with van der Waals surface area (Å²) in [6.07, 6.45) is 5.00. The van der Waals surface area contributed by atoms with E-state index in [2.05, 4.69) is 20.3 Å². The molecule has 0 aliphatic carbocycles. The van der Waals surface area contributed by atoms with E-state index in [1.54, 1.807) is 79.9 Å². The number of ether oxygens (including phenoxy) is 3. The molecule has 0 saturated carbocycles. The number of hydrogen-bond donors (Lipinski definition) is 3. The number of benzene rings is 7. The summed E-state index contributed by atoms with van der Waals surface area (Å²) in [5.74, 6) is 0.406. The third-order valence-corrected chi connectivity index (χ3v) is 17.1. The lowest BCUT2D eigenvalue weighted by Crippen LogP contribution is -2.30. The number of aromatic hydroxyl groups is 2. The summed E-state index contributed by atoms with van der Waals surface area (Å²) in [6, 6.07) is 37.2. The third-order valence-electron chi connectivity index (χ3n) is 12.8. The largest absolute Gasteiger partial charge is 0.569 e. The second-order valence-electron chi connectivity index (χ2n) is 18.1. The molecule has 0 unspecified atom stereocenters. The zero-order chi connectivity index (χ0) is 60.6. The first-order valence-corrected chi connectivity index (χ1v) is 29.0. The molecule has 0 spiro atoms. The van der Waals surface area contributed by atoms with Gasteiger partial charge in [0.1, 0.15) is 63.8 Å². The predicted molar refractivity (Wildman–Crippen MR) is 316 cm³/mol. The molecule has 0 aliphatic rings. The zero-order valence-electron chi connectivity index (χ0n) is 44.5. The first kappa shape index (κ1) is 60.6. The maximum Gasteiger partial charge on any atom is 0.569 e. The summed E-state index contributed by atoms with van der Waals surface area (Å²) in [6.45, 7) is 0.0139. The van der Waals surface area contributed by atoms with Crippen LogP contribution >= 0.6 is 34.8 Å². The molecule has 0 amide bonds. The molecule has 11 rings (SSSR count). The number of anilines is 1. The van der Waals surface area contributed by atoms with Crippen LogP contribution in [0.1, 0.15) is 11.3 Å². The van der Waals surface area contributed by atoms with Crippen molar-refractivity contribution >= 4 is 89.7 Å². The highest BCUT2D eigenvalue weighted by Crippen LogP contribution is 2.43. The molecule has 3 N–H and O–H groups in total.